The molecule has 2 N–H and O–H groups in total. The molecule has 0 aliphatic heterocycles. The minimum Gasteiger partial charge on any atom is -0.324 e. The minimum atomic E-state index is -0.556. The first-order chi connectivity index (χ1) is 7.61. The molecule has 1 aromatic rings. The van der Waals surface area contributed by atoms with Gasteiger partial charge < -0.3 is 5.73 Å². The molecule has 1 saturated carbocycles. The summed E-state index contributed by atoms with van der Waals surface area (Å²) in [5, 5.41) is 0. The van der Waals surface area contributed by atoms with Crippen molar-refractivity contribution >= 4 is 15.9 Å². The van der Waals surface area contributed by atoms with Crippen LogP contribution in [0.5, 0.6) is 0 Å². The van der Waals surface area contributed by atoms with Crippen LogP contribution in [-0.4, -0.2) is 0 Å². The molecule has 1 nitrogen and oxygen atoms in total. The first-order valence-corrected chi connectivity index (χ1v) is 6.29. The van der Waals surface area contributed by atoms with Crippen LogP contribution in [0.1, 0.15) is 37.3 Å². The van der Waals surface area contributed by atoms with Crippen molar-refractivity contribution < 1.29 is 8.78 Å². The lowest BCUT2D eigenvalue weighted by Gasteiger charge is -2.20. The van der Waals surface area contributed by atoms with Crippen molar-refractivity contribution in [1.29, 1.82) is 0 Å². The van der Waals surface area contributed by atoms with Crippen LogP contribution in [0.2, 0.25) is 0 Å². The van der Waals surface area contributed by atoms with Gasteiger partial charge in [-0.05, 0) is 46.8 Å². The molecule has 1 atom stereocenters. The van der Waals surface area contributed by atoms with Crippen molar-refractivity contribution in [3.63, 3.8) is 0 Å². The number of halogens is 3. The lowest BCUT2D eigenvalue weighted by atomic mass is 9.92. The molecule has 0 spiro atoms. The molecule has 1 fully saturated rings. The van der Waals surface area contributed by atoms with Gasteiger partial charge in [0.1, 0.15) is 11.6 Å². The Bertz CT molecular complexity index is 389. The second-order valence-corrected chi connectivity index (χ2v) is 5.18. The number of benzene rings is 1. The summed E-state index contributed by atoms with van der Waals surface area (Å²) in [6, 6.07) is 2.10. The Labute approximate surface area is 102 Å². The van der Waals surface area contributed by atoms with Crippen molar-refractivity contribution in [1.82, 2.24) is 0 Å². The van der Waals surface area contributed by atoms with Crippen LogP contribution >= 0.6 is 15.9 Å². The zero-order valence-electron chi connectivity index (χ0n) is 8.85. The van der Waals surface area contributed by atoms with Gasteiger partial charge in [-0.3, -0.25) is 0 Å². The zero-order valence-corrected chi connectivity index (χ0v) is 10.4. The van der Waals surface area contributed by atoms with Crippen molar-refractivity contribution in [2.45, 2.75) is 31.7 Å². The number of hydrogen-bond acceptors (Lipinski definition) is 1. The zero-order chi connectivity index (χ0) is 11.7. The lowest BCUT2D eigenvalue weighted by molar-refractivity contribution is 0.409. The number of nitrogens with two attached hydrogens (primary N) is 1. The molecule has 1 aromatic carbocycles. The Kier molecular flexibility index (Phi) is 3.60. The summed E-state index contributed by atoms with van der Waals surface area (Å²) < 4.78 is 27.7. The number of rotatable bonds is 2. The van der Waals surface area contributed by atoms with Crippen LogP contribution in [0.15, 0.2) is 16.6 Å². The highest BCUT2D eigenvalue weighted by Gasteiger charge is 2.28. The van der Waals surface area contributed by atoms with Crippen LogP contribution in [-0.2, 0) is 0 Å². The average Bonchev–Trinajstić information content (AvgIpc) is 2.77. The smallest absolute Gasteiger partial charge is 0.145 e. The molecule has 0 aromatic heterocycles. The molecule has 0 bridgehead atoms. The van der Waals surface area contributed by atoms with Gasteiger partial charge in [-0.25, -0.2) is 8.78 Å². The van der Waals surface area contributed by atoms with Gasteiger partial charge in [-0.15, -0.1) is 0 Å². The Morgan fingerprint density at radius 1 is 1.25 bits per heavy atom. The Hall–Kier alpha value is -0.480. The summed E-state index contributed by atoms with van der Waals surface area (Å²) in [5.74, 6) is -0.891. The van der Waals surface area contributed by atoms with Crippen LogP contribution in [0.4, 0.5) is 8.78 Å². The molecule has 0 saturated heterocycles. The molecular weight excluding hydrogens is 276 g/mol. The fraction of sp³-hybridized carbons (Fsp3) is 0.500. The minimum absolute atomic E-state index is 0.0290. The third-order valence-electron chi connectivity index (χ3n) is 3.32. The summed E-state index contributed by atoms with van der Waals surface area (Å²) in [7, 11) is 0. The third-order valence-corrected chi connectivity index (χ3v) is 3.93. The van der Waals surface area contributed by atoms with Crippen LogP contribution in [0.3, 0.4) is 0 Å². The highest BCUT2D eigenvalue weighted by molar-refractivity contribution is 9.10. The second-order valence-electron chi connectivity index (χ2n) is 4.33. The molecule has 0 radical (unpaired) electrons. The van der Waals surface area contributed by atoms with Gasteiger partial charge in [0.2, 0.25) is 0 Å². The van der Waals surface area contributed by atoms with Gasteiger partial charge in [0.05, 0.1) is 4.47 Å². The van der Waals surface area contributed by atoms with Gasteiger partial charge in [-0.2, -0.15) is 0 Å². The van der Waals surface area contributed by atoms with Gasteiger partial charge in [0.25, 0.3) is 0 Å². The van der Waals surface area contributed by atoms with E-state index in [1.54, 1.807) is 0 Å². The van der Waals surface area contributed by atoms with E-state index in [0.29, 0.717) is 0 Å². The Morgan fingerprint density at radius 3 is 2.50 bits per heavy atom. The monoisotopic (exact) mass is 289 g/mol. The Morgan fingerprint density at radius 2 is 1.88 bits per heavy atom. The van der Waals surface area contributed by atoms with Crippen molar-refractivity contribution in [3.8, 4) is 0 Å². The van der Waals surface area contributed by atoms with Crippen molar-refractivity contribution in [3.05, 3.63) is 33.8 Å². The van der Waals surface area contributed by atoms with E-state index >= 15 is 0 Å². The molecule has 1 aliphatic rings. The third kappa shape index (κ3) is 2.13. The molecule has 0 amide bonds. The summed E-state index contributed by atoms with van der Waals surface area (Å²) in [6.45, 7) is 0. The topological polar surface area (TPSA) is 26.0 Å². The van der Waals surface area contributed by atoms with Gasteiger partial charge in [0, 0.05) is 11.6 Å². The van der Waals surface area contributed by atoms with Crippen LogP contribution in [0.25, 0.3) is 0 Å². The van der Waals surface area contributed by atoms with E-state index < -0.39 is 17.7 Å². The molecule has 88 valence electrons. The maximum Gasteiger partial charge on any atom is 0.145 e. The maximum atomic E-state index is 13.8. The van der Waals surface area contributed by atoms with Crippen molar-refractivity contribution in [2.24, 2.45) is 11.7 Å². The van der Waals surface area contributed by atoms with E-state index in [0.717, 1.165) is 25.7 Å². The predicted molar refractivity (Wildman–Crippen MR) is 62.9 cm³/mol. The van der Waals surface area contributed by atoms with E-state index in [-0.39, 0.29) is 16.0 Å². The number of hydrogen-bond donors (Lipinski definition) is 1. The molecule has 2 rings (SSSR count). The van der Waals surface area contributed by atoms with Crippen LogP contribution in [0, 0.1) is 17.6 Å². The fourth-order valence-corrected chi connectivity index (χ4v) is 2.75. The molecular formula is C12H14BrF2N. The largest absolute Gasteiger partial charge is 0.324 e. The van der Waals surface area contributed by atoms with Crippen molar-refractivity contribution in [2.75, 3.05) is 0 Å². The van der Waals surface area contributed by atoms with E-state index in [9.17, 15) is 8.78 Å². The molecule has 4 heteroatoms. The van der Waals surface area contributed by atoms with E-state index in [1.165, 1.54) is 12.1 Å². The van der Waals surface area contributed by atoms with E-state index in [4.69, 9.17) is 5.73 Å². The second kappa shape index (κ2) is 4.80. The van der Waals surface area contributed by atoms with E-state index in [2.05, 4.69) is 15.9 Å². The normalized spacial score (nSPS) is 19.0. The average molecular weight is 290 g/mol. The fourth-order valence-electron chi connectivity index (χ4n) is 2.40. The predicted octanol–water partition coefficient (Wildman–Crippen LogP) is 3.92. The summed E-state index contributed by atoms with van der Waals surface area (Å²) in [4.78, 5) is 0. The summed E-state index contributed by atoms with van der Waals surface area (Å²) in [6.07, 6.45) is 4.14. The molecule has 1 aliphatic carbocycles. The lowest BCUT2D eigenvalue weighted by Crippen LogP contribution is -2.22. The summed E-state index contributed by atoms with van der Waals surface area (Å²) >= 11 is 3.06. The standard InChI is InChI=1S/C12H14BrF2N/c13-8-5-6-9(14)10(11(8)15)12(16)7-3-1-2-4-7/h5-7,12H,1-4,16H2. The van der Waals surface area contributed by atoms with E-state index in [1.807, 2.05) is 0 Å². The highest BCUT2D eigenvalue weighted by Crippen LogP contribution is 2.37. The first-order valence-electron chi connectivity index (χ1n) is 5.50. The quantitative estimate of drug-likeness (QED) is 0.821. The highest BCUT2D eigenvalue weighted by atomic mass is 79.9. The Balaban J connectivity index is 2.34. The maximum absolute atomic E-state index is 13.8. The van der Waals surface area contributed by atoms with Gasteiger partial charge in [0.15, 0.2) is 0 Å². The van der Waals surface area contributed by atoms with Gasteiger partial charge in [-0.1, -0.05) is 12.8 Å². The molecule has 1 unspecified atom stereocenters. The van der Waals surface area contributed by atoms with Gasteiger partial charge >= 0.3 is 0 Å². The SMILES string of the molecule is NC(c1c(F)ccc(Br)c1F)C1CCCC1. The first kappa shape index (κ1) is 12.0. The summed E-state index contributed by atoms with van der Waals surface area (Å²) in [5.41, 5.74) is 6.00. The molecule has 0 heterocycles. The van der Waals surface area contributed by atoms with Crippen LogP contribution < -0.4 is 5.73 Å². The molecule has 16 heavy (non-hydrogen) atoms.